The Morgan fingerprint density at radius 3 is 2.82 bits per heavy atom. The van der Waals surface area contributed by atoms with E-state index in [2.05, 4.69) is 31.4 Å². The summed E-state index contributed by atoms with van der Waals surface area (Å²) in [5, 5.41) is 0. The first-order chi connectivity index (χ1) is 5.17. The van der Waals surface area contributed by atoms with E-state index in [1.165, 1.54) is 0 Å². The molecule has 0 aromatic heterocycles. The number of hydrogen-bond acceptors (Lipinski definition) is 3. The van der Waals surface area contributed by atoms with E-state index in [1.54, 1.807) is 0 Å². The lowest BCUT2D eigenvalue weighted by Crippen LogP contribution is -2.53. The highest BCUT2D eigenvalue weighted by Crippen LogP contribution is 2.18. The number of hydrogen-bond donors (Lipinski definition) is 1. The van der Waals surface area contributed by atoms with Gasteiger partial charge in [-0.05, 0) is 13.8 Å². The molecule has 1 heterocycles. The molecule has 2 nitrogen and oxygen atoms in total. The van der Waals surface area contributed by atoms with E-state index < -0.39 is 0 Å². The average Bonchev–Trinajstić information content (AvgIpc) is 1.94. The first-order valence-corrected chi connectivity index (χ1v) is 4.74. The molecule has 0 atom stereocenters. The van der Waals surface area contributed by atoms with Crippen molar-refractivity contribution in [1.29, 1.82) is 0 Å². The topological polar surface area (TPSA) is 12.5 Å². The van der Waals surface area contributed by atoms with E-state index in [4.69, 9.17) is 4.74 Å². The lowest BCUT2D eigenvalue weighted by atomic mass is 10.0. The Morgan fingerprint density at radius 1 is 1.55 bits per heavy atom. The Labute approximate surface area is 74.3 Å². The van der Waals surface area contributed by atoms with E-state index in [9.17, 15) is 0 Å². The van der Waals surface area contributed by atoms with Gasteiger partial charge in [0.1, 0.15) is 0 Å². The van der Waals surface area contributed by atoms with Gasteiger partial charge in [0.2, 0.25) is 0 Å². The molecule has 0 spiro atoms. The second-order valence-corrected chi connectivity index (χ2v) is 4.02. The number of thiol groups is 1. The van der Waals surface area contributed by atoms with Gasteiger partial charge in [-0.2, -0.15) is 12.6 Å². The molecule has 0 bridgehead atoms. The Kier molecular flexibility index (Phi) is 3.22. The third kappa shape index (κ3) is 2.36. The minimum Gasteiger partial charge on any atom is -0.378 e. The zero-order valence-electron chi connectivity index (χ0n) is 7.34. The minimum atomic E-state index is 0.209. The molecule has 1 aliphatic heterocycles. The molecule has 11 heavy (non-hydrogen) atoms. The van der Waals surface area contributed by atoms with Crippen molar-refractivity contribution in [2.45, 2.75) is 19.4 Å². The Balaban J connectivity index is 2.45. The van der Waals surface area contributed by atoms with Gasteiger partial charge in [0.05, 0.1) is 13.2 Å². The minimum absolute atomic E-state index is 0.209. The van der Waals surface area contributed by atoms with E-state index >= 15 is 0 Å². The lowest BCUT2D eigenvalue weighted by molar-refractivity contribution is -0.0475. The van der Waals surface area contributed by atoms with Gasteiger partial charge in [-0.25, -0.2) is 0 Å². The van der Waals surface area contributed by atoms with Gasteiger partial charge in [0.15, 0.2) is 0 Å². The van der Waals surface area contributed by atoms with Gasteiger partial charge in [-0.15, -0.1) is 0 Å². The standard InChI is InChI=1S/C8H17NOS/c1-8(2)7-10-5-3-9(8)4-6-11/h11H,3-7H2,1-2H3. The molecule has 3 heteroatoms. The summed E-state index contributed by atoms with van der Waals surface area (Å²) in [5.74, 6) is 0.934. The summed E-state index contributed by atoms with van der Waals surface area (Å²) in [6.45, 7) is 8.27. The van der Waals surface area contributed by atoms with E-state index in [-0.39, 0.29) is 5.54 Å². The Hall–Kier alpha value is 0.270. The second-order valence-electron chi connectivity index (χ2n) is 3.58. The van der Waals surface area contributed by atoms with Crippen molar-refractivity contribution in [2.24, 2.45) is 0 Å². The summed E-state index contributed by atoms with van der Waals surface area (Å²) in [6, 6.07) is 0. The van der Waals surface area contributed by atoms with Crippen LogP contribution in [0.4, 0.5) is 0 Å². The van der Waals surface area contributed by atoms with Crippen LogP contribution < -0.4 is 0 Å². The zero-order chi connectivity index (χ0) is 8.32. The zero-order valence-corrected chi connectivity index (χ0v) is 8.23. The van der Waals surface area contributed by atoms with Crippen LogP contribution in [0.25, 0.3) is 0 Å². The molecule has 0 N–H and O–H groups in total. The van der Waals surface area contributed by atoms with Crippen LogP contribution in [-0.2, 0) is 4.74 Å². The third-order valence-electron chi connectivity index (χ3n) is 2.19. The molecule has 0 aromatic carbocycles. The van der Waals surface area contributed by atoms with Crippen molar-refractivity contribution < 1.29 is 4.74 Å². The molecule has 1 fully saturated rings. The summed E-state index contributed by atoms with van der Waals surface area (Å²) >= 11 is 4.23. The normalized spacial score (nSPS) is 25.4. The fourth-order valence-corrected chi connectivity index (χ4v) is 1.67. The number of nitrogens with zero attached hydrogens (tertiary/aromatic N) is 1. The number of ether oxygens (including phenoxy) is 1. The van der Waals surface area contributed by atoms with Crippen LogP contribution in [0.15, 0.2) is 0 Å². The van der Waals surface area contributed by atoms with Crippen LogP contribution in [0.5, 0.6) is 0 Å². The van der Waals surface area contributed by atoms with Gasteiger partial charge in [0, 0.05) is 24.4 Å². The summed E-state index contributed by atoms with van der Waals surface area (Å²) in [7, 11) is 0. The van der Waals surface area contributed by atoms with Gasteiger partial charge >= 0.3 is 0 Å². The first-order valence-electron chi connectivity index (χ1n) is 4.10. The van der Waals surface area contributed by atoms with Crippen LogP contribution in [-0.4, -0.2) is 42.5 Å². The van der Waals surface area contributed by atoms with Gasteiger partial charge in [0.25, 0.3) is 0 Å². The summed E-state index contributed by atoms with van der Waals surface area (Å²) < 4.78 is 5.39. The highest BCUT2D eigenvalue weighted by atomic mass is 32.1. The van der Waals surface area contributed by atoms with E-state index in [0.717, 1.165) is 32.1 Å². The highest BCUT2D eigenvalue weighted by molar-refractivity contribution is 7.80. The fraction of sp³-hybridized carbons (Fsp3) is 1.00. The lowest BCUT2D eigenvalue weighted by Gasteiger charge is -2.41. The van der Waals surface area contributed by atoms with Crippen molar-refractivity contribution in [3.8, 4) is 0 Å². The quantitative estimate of drug-likeness (QED) is 0.629. The molecule has 0 unspecified atom stereocenters. The summed E-state index contributed by atoms with van der Waals surface area (Å²) in [6.07, 6.45) is 0. The van der Waals surface area contributed by atoms with E-state index in [1.807, 2.05) is 0 Å². The molecule has 1 saturated heterocycles. The largest absolute Gasteiger partial charge is 0.378 e. The first kappa shape index (κ1) is 9.36. The average molecular weight is 175 g/mol. The van der Waals surface area contributed by atoms with Crippen LogP contribution in [0, 0.1) is 0 Å². The predicted molar refractivity (Wildman–Crippen MR) is 50.3 cm³/mol. The van der Waals surface area contributed by atoms with Crippen LogP contribution >= 0.6 is 12.6 Å². The molecule has 0 saturated carbocycles. The van der Waals surface area contributed by atoms with Crippen LogP contribution in [0.1, 0.15) is 13.8 Å². The Bertz CT molecular complexity index is 125. The van der Waals surface area contributed by atoms with Crippen LogP contribution in [0.2, 0.25) is 0 Å². The molecular formula is C8H17NOS. The summed E-state index contributed by atoms with van der Waals surface area (Å²) in [4.78, 5) is 2.43. The smallest absolute Gasteiger partial charge is 0.0645 e. The molecule has 1 rings (SSSR count). The maximum Gasteiger partial charge on any atom is 0.0645 e. The van der Waals surface area contributed by atoms with Crippen molar-refractivity contribution in [1.82, 2.24) is 4.90 Å². The van der Waals surface area contributed by atoms with Crippen molar-refractivity contribution in [3.63, 3.8) is 0 Å². The third-order valence-corrected chi connectivity index (χ3v) is 2.39. The monoisotopic (exact) mass is 175 g/mol. The van der Waals surface area contributed by atoms with Gasteiger partial charge < -0.3 is 4.74 Å². The molecule has 0 aromatic rings. The molecular weight excluding hydrogens is 158 g/mol. The maximum atomic E-state index is 5.39. The van der Waals surface area contributed by atoms with Crippen LogP contribution in [0.3, 0.4) is 0 Å². The van der Waals surface area contributed by atoms with E-state index in [0.29, 0.717) is 0 Å². The number of morpholine rings is 1. The molecule has 0 radical (unpaired) electrons. The Morgan fingerprint density at radius 2 is 2.27 bits per heavy atom. The molecule has 0 aliphatic carbocycles. The van der Waals surface area contributed by atoms with Gasteiger partial charge in [-0.1, -0.05) is 0 Å². The van der Waals surface area contributed by atoms with Crippen molar-refractivity contribution in [2.75, 3.05) is 32.1 Å². The molecule has 0 amide bonds. The SMILES string of the molecule is CC1(C)COCCN1CCS. The molecule has 1 aliphatic rings. The summed E-state index contributed by atoms with van der Waals surface area (Å²) in [5.41, 5.74) is 0.209. The maximum absolute atomic E-state index is 5.39. The van der Waals surface area contributed by atoms with Gasteiger partial charge in [-0.3, -0.25) is 4.90 Å². The molecule has 66 valence electrons. The fourth-order valence-electron chi connectivity index (χ4n) is 1.43. The van der Waals surface area contributed by atoms with Crippen molar-refractivity contribution in [3.05, 3.63) is 0 Å². The highest BCUT2D eigenvalue weighted by Gasteiger charge is 2.29. The second kappa shape index (κ2) is 3.78. The predicted octanol–water partition coefficient (Wildman–Crippen LogP) is 1.03. The number of rotatable bonds is 2. The van der Waals surface area contributed by atoms with Crippen molar-refractivity contribution >= 4 is 12.6 Å².